The summed E-state index contributed by atoms with van der Waals surface area (Å²) in [5.41, 5.74) is 0.273. The molecule has 0 bridgehead atoms. The van der Waals surface area contributed by atoms with Gasteiger partial charge in [-0.15, -0.1) is 11.3 Å². The van der Waals surface area contributed by atoms with E-state index >= 15 is 0 Å². The van der Waals surface area contributed by atoms with Gasteiger partial charge < -0.3 is 15.0 Å². The summed E-state index contributed by atoms with van der Waals surface area (Å²) in [4.78, 5) is 44.4. The first-order valence-corrected chi connectivity index (χ1v) is 7.33. The summed E-state index contributed by atoms with van der Waals surface area (Å²) < 4.78 is 0. The molecule has 0 unspecified atom stereocenters. The van der Waals surface area contributed by atoms with Crippen LogP contribution in [-0.2, 0) is 4.79 Å². The van der Waals surface area contributed by atoms with Crippen LogP contribution >= 0.6 is 11.3 Å². The van der Waals surface area contributed by atoms with Crippen molar-refractivity contribution < 1.29 is 14.7 Å². The zero-order chi connectivity index (χ0) is 15.1. The number of H-pyrrole nitrogens is 1. The summed E-state index contributed by atoms with van der Waals surface area (Å²) in [7, 11) is 0. The maximum absolute atomic E-state index is 12.6. The fourth-order valence-electron chi connectivity index (χ4n) is 2.68. The number of carbonyl (C=O) groups excluding carboxylic acids is 1. The number of fused-ring (bicyclic) bond motifs is 1. The summed E-state index contributed by atoms with van der Waals surface area (Å²) in [6.07, 6.45) is 2.43. The Morgan fingerprint density at radius 2 is 2.29 bits per heavy atom. The molecule has 21 heavy (non-hydrogen) atoms. The largest absolute Gasteiger partial charge is 0.480 e. The Hall–Kier alpha value is -2.22. The summed E-state index contributed by atoms with van der Waals surface area (Å²) in [6, 6.07) is -0.784. The van der Waals surface area contributed by atoms with Crippen molar-refractivity contribution in [1.29, 1.82) is 0 Å². The van der Waals surface area contributed by atoms with Crippen LogP contribution in [0.5, 0.6) is 0 Å². The van der Waals surface area contributed by atoms with Gasteiger partial charge in [0.15, 0.2) is 0 Å². The molecule has 2 aromatic rings. The Kier molecular flexibility index (Phi) is 3.25. The first-order valence-electron chi connectivity index (χ1n) is 6.51. The fourth-order valence-corrected chi connectivity index (χ4v) is 3.79. The fraction of sp³-hybridized carbons (Fsp3) is 0.385. The summed E-state index contributed by atoms with van der Waals surface area (Å²) >= 11 is 1.13. The number of hydrogen-bond acceptors (Lipinski definition) is 5. The van der Waals surface area contributed by atoms with Crippen molar-refractivity contribution in [3.8, 4) is 0 Å². The van der Waals surface area contributed by atoms with Crippen LogP contribution in [-0.4, -0.2) is 44.4 Å². The number of carboxylic acids is 1. The van der Waals surface area contributed by atoms with Gasteiger partial charge in [0, 0.05) is 6.54 Å². The molecule has 1 aliphatic heterocycles. The number of aliphatic carboxylic acids is 1. The first kappa shape index (κ1) is 13.7. The highest BCUT2D eigenvalue weighted by Gasteiger charge is 2.36. The second kappa shape index (κ2) is 4.96. The van der Waals surface area contributed by atoms with Crippen molar-refractivity contribution in [1.82, 2.24) is 14.9 Å². The molecule has 0 aliphatic carbocycles. The zero-order valence-corrected chi connectivity index (χ0v) is 12.1. The van der Waals surface area contributed by atoms with Crippen LogP contribution in [0, 0.1) is 6.92 Å². The number of nitrogens with zero attached hydrogens (tertiary/aromatic N) is 2. The van der Waals surface area contributed by atoms with Crippen molar-refractivity contribution in [2.45, 2.75) is 25.8 Å². The Labute approximate surface area is 123 Å². The van der Waals surface area contributed by atoms with Gasteiger partial charge in [-0.25, -0.2) is 9.78 Å². The Balaban J connectivity index is 2.06. The number of aromatic amines is 1. The standard InChI is InChI=1S/C13H13N3O4S/c1-6-8-10(17)14-5-15-11(8)21-9(6)12(18)16-4-2-3-7(16)13(19)20/h5,7H,2-4H2,1H3,(H,19,20)(H,14,15,17)/t7-/m1/s1. The van der Waals surface area contributed by atoms with Crippen molar-refractivity contribution in [3.63, 3.8) is 0 Å². The third-order valence-electron chi connectivity index (χ3n) is 3.73. The number of nitrogens with one attached hydrogen (secondary N) is 1. The molecule has 7 nitrogen and oxygen atoms in total. The number of carboxylic acid groups (broad SMARTS) is 1. The van der Waals surface area contributed by atoms with E-state index in [0.717, 1.165) is 11.3 Å². The molecule has 1 saturated heterocycles. The molecule has 1 aliphatic rings. The van der Waals surface area contributed by atoms with Crippen LogP contribution < -0.4 is 5.56 Å². The van der Waals surface area contributed by atoms with Crippen LogP contribution in [0.1, 0.15) is 28.1 Å². The maximum atomic E-state index is 12.6. The third kappa shape index (κ3) is 2.11. The molecule has 0 spiro atoms. The van der Waals surface area contributed by atoms with Gasteiger partial charge in [0.25, 0.3) is 11.5 Å². The van der Waals surface area contributed by atoms with Crippen LogP contribution in [0.3, 0.4) is 0 Å². The van der Waals surface area contributed by atoms with Crippen LogP contribution in [0.4, 0.5) is 0 Å². The predicted molar refractivity (Wildman–Crippen MR) is 76.7 cm³/mol. The van der Waals surface area contributed by atoms with E-state index in [-0.39, 0.29) is 11.5 Å². The molecular formula is C13H13N3O4S. The zero-order valence-electron chi connectivity index (χ0n) is 11.3. The van der Waals surface area contributed by atoms with Gasteiger partial charge in [0.1, 0.15) is 10.9 Å². The lowest BCUT2D eigenvalue weighted by molar-refractivity contribution is -0.141. The molecule has 3 rings (SSSR count). The summed E-state index contributed by atoms with van der Waals surface area (Å²) in [5, 5.41) is 9.57. The maximum Gasteiger partial charge on any atom is 0.326 e. The Morgan fingerprint density at radius 3 is 2.95 bits per heavy atom. The summed E-state index contributed by atoms with van der Waals surface area (Å²) in [5.74, 6) is -1.32. The molecule has 1 amide bonds. The molecule has 2 N–H and O–H groups in total. The van der Waals surface area contributed by atoms with Crippen LogP contribution in [0.2, 0.25) is 0 Å². The Bertz CT molecular complexity index is 794. The van der Waals surface area contributed by atoms with Crippen LogP contribution in [0.15, 0.2) is 11.1 Å². The van der Waals surface area contributed by atoms with Gasteiger partial charge in [-0.1, -0.05) is 0 Å². The number of hydrogen-bond donors (Lipinski definition) is 2. The van der Waals surface area contributed by atoms with E-state index in [9.17, 15) is 19.5 Å². The number of aromatic nitrogens is 2. The minimum Gasteiger partial charge on any atom is -0.480 e. The number of thiophene rings is 1. The lowest BCUT2D eigenvalue weighted by atomic mass is 10.2. The quantitative estimate of drug-likeness (QED) is 0.861. The van der Waals surface area contributed by atoms with Gasteiger partial charge in [-0.05, 0) is 25.3 Å². The highest BCUT2D eigenvalue weighted by Crippen LogP contribution is 2.30. The van der Waals surface area contributed by atoms with Gasteiger partial charge in [0.05, 0.1) is 16.6 Å². The average molecular weight is 307 g/mol. The molecular weight excluding hydrogens is 294 g/mol. The molecule has 0 aromatic carbocycles. The minimum atomic E-state index is -0.990. The third-order valence-corrected chi connectivity index (χ3v) is 4.91. The van der Waals surface area contributed by atoms with Crippen molar-refractivity contribution in [3.05, 3.63) is 27.1 Å². The van der Waals surface area contributed by atoms with E-state index in [1.54, 1.807) is 6.92 Å². The molecule has 8 heteroatoms. The van der Waals surface area contributed by atoms with E-state index in [1.807, 2.05) is 0 Å². The number of carbonyl (C=O) groups is 2. The van der Waals surface area contributed by atoms with E-state index in [4.69, 9.17) is 0 Å². The van der Waals surface area contributed by atoms with Crippen molar-refractivity contribution >= 4 is 33.4 Å². The molecule has 1 fully saturated rings. The highest BCUT2D eigenvalue weighted by atomic mass is 32.1. The van der Waals surface area contributed by atoms with Gasteiger partial charge >= 0.3 is 5.97 Å². The number of aryl methyl sites for hydroxylation is 1. The molecule has 1 atom stereocenters. The SMILES string of the molecule is Cc1c(C(=O)N2CCC[C@@H]2C(=O)O)sc2nc[nH]c(=O)c12. The number of amides is 1. The van der Waals surface area contributed by atoms with Crippen molar-refractivity contribution in [2.75, 3.05) is 6.54 Å². The second-order valence-corrected chi connectivity index (χ2v) is 5.96. The normalized spacial score (nSPS) is 18.3. The van der Waals surface area contributed by atoms with E-state index in [2.05, 4.69) is 9.97 Å². The van der Waals surface area contributed by atoms with Crippen LogP contribution in [0.25, 0.3) is 10.2 Å². The van der Waals surface area contributed by atoms with E-state index in [1.165, 1.54) is 11.2 Å². The second-order valence-electron chi connectivity index (χ2n) is 4.96. The Morgan fingerprint density at radius 1 is 1.52 bits per heavy atom. The molecule has 3 heterocycles. The topological polar surface area (TPSA) is 103 Å². The predicted octanol–water partition coefficient (Wildman–Crippen LogP) is 0.982. The molecule has 110 valence electrons. The lowest BCUT2D eigenvalue weighted by Crippen LogP contribution is -2.40. The molecule has 0 saturated carbocycles. The monoisotopic (exact) mass is 307 g/mol. The van der Waals surface area contributed by atoms with E-state index in [0.29, 0.717) is 40.0 Å². The molecule has 2 aromatic heterocycles. The average Bonchev–Trinajstić information content (AvgIpc) is 3.04. The number of likely N-dealkylation sites (tertiary alicyclic amines) is 1. The van der Waals surface area contributed by atoms with Gasteiger partial charge in [-0.2, -0.15) is 0 Å². The van der Waals surface area contributed by atoms with E-state index < -0.39 is 12.0 Å². The smallest absolute Gasteiger partial charge is 0.326 e. The van der Waals surface area contributed by atoms with Gasteiger partial charge in [-0.3, -0.25) is 9.59 Å². The lowest BCUT2D eigenvalue weighted by Gasteiger charge is -2.20. The number of rotatable bonds is 2. The minimum absolute atomic E-state index is 0.288. The van der Waals surface area contributed by atoms with Crippen molar-refractivity contribution in [2.24, 2.45) is 0 Å². The first-order chi connectivity index (χ1) is 10.0. The highest BCUT2D eigenvalue weighted by molar-refractivity contribution is 7.20. The molecule has 0 radical (unpaired) electrons. The van der Waals surface area contributed by atoms with Gasteiger partial charge in [0.2, 0.25) is 0 Å². The summed E-state index contributed by atoms with van der Waals surface area (Å²) in [6.45, 7) is 2.11.